The highest BCUT2D eigenvalue weighted by Gasteiger charge is 2.63. The minimum atomic E-state index is -5.90. The van der Waals surface area contributed by atoms with Gasteiger partial charge in [0.25, 0.3) is 5.78 Å². The Balaban J connectivity index is 2.57. The second kappa shape index (κ2) is 4.04. The van der Waals surface area contributed by atoms with Crippen LogP contribution in [0, 0.1) is 0 Å². The van der Waals surface area contributed by atoms with Crippen LogP contribution in [-0.2, 0) is 7.05 Å². The molecule has 0 saturated carbocycles. The summed E-state index contributed by atoms with van der Waals surface area (Å²) >= 11 is 0. The van der Waals surface area contributed by atoms with E-state index in [4.69, 9.17) is 0 Å². The molecule has 0 aliphatic carbocycles. The third-order valence-corrected chi connectivity index (χ3v) is 2.83. The molecule has 1 heterocycles. The quantitative estimate of drug-likeness (QED) is 0.607. The summed E-state index contributed by atoms with van der Waals surface area (Å²) in [5, 5.41) is 0.423. The van der Waals surface area contributed by atoms with Gasteiger partial charge in [0.2, 0.25) is 0 Å². The molecule has 2 aromatic rings. The fourth-order valence-electron chi connectivity index (χ4n) is 1.80. The van der Waals surface area contributed by atoms with E-state index in [-0.39, 0.29) is 0 Å². The molecule has 0 atom stereocenters. The molecule has 7 heteroatoms. The van der Waals surface area contributed by atoms with Gasteiger partial charge in [-0.15, -0.1) is 0 Å². The molecule has 0 saturated heterocycles. The first-order valence-corrected chi connectivity index (χ1v) is 5.20. The largest absolute Gasteiger partial charge is 0.461 e. The normalized spacial score (nSPS) is 12.9. The lowest BCUT2D eigenvalue weighted by molar-refractivity contribution is -0.255. The number of hydrogen-bond acceptors (Lipinski definition) is 1. The molecule has 0 bridgehead atoms. The molecule has 1 aromatic carbocycles. The van der Waals surface area contributed by atoms with Crippen molar-refractivity contribution >= 4 is 16.7 Å². The Bertz CT molecular complexity index is 641. The van der Waals surface area contributed by atoms with Crippen molar-refractivity contribution in [3.63, 3.8) is 0 Å². The van der Waals surface area contributed by atoms with E-state index in [9.17, 15) is 26.7 Å². The van der Waals surface area contributed by atoms with Gasteiger partial charge in [0.05, 0.1) is 5.69 Å². The van der Waals surface area contributed by atoms with Gasteiger partial charge in [0.1, 0.15) is 0 Å². The van der Waals surface area contributed by atoms with Gasteiger partial charge >= 0.3 is 12.1 Å². The highest BCUT2D eigenvalue weighted by Crippen LogP contribution is 2.38. The zero-order valence-electron chi connectivity index (χ0n) is 9.63. The lowest BCUT2D eigenvalue weighted by Gasteiger charge is -2.18. The minimum Gasteiger partial charge on any atom is -0.341 e. The Morgan fingerprint density at radius 2 is 1.68 bits per heavy atom. The standard InChI is InChI=1S/C12H8F5NO/c1-18-8-5-3-2-4-7(8)6-9(18)10(19)11(13,14)12(15,16)17/h2-6H,1H3. The van der Waals surface area contributed by atoms with Gasteiger partial charge in [-0.3, -0.25) is 4.79 Å². The molecule has 2 nitrogen and oxygen atoms in total. The molecule has 19 heavy (non-hydrogen) atoms. The Morgan fingerprint density at radius 1 is 1.11 bits per heavy atom. The van der Waals surface area contributed by atoms with Crippen LogP contribution in [0.1, 0.15) is 10.5 Å². The molecule has 0 amide bonds. The second-order valence-corrected chi connectivity index (χ2v) is 4.05. The van der Waals surface area contributed by atoms with Crippen molar-refractivity contribution in [2.45, 2.75) is 12.1 Å². The summed E-state index contributed by atoms with van der Waals surface area (Å²) in [6.45, 7) is 0. The number of nitrogens with zero attached hydrogens (tertiary/aromatic N) is 1. The van der Waals surface area contributed by atoms with Gasteiger partial charge in [-0.05, 0) is 12.1 Å². The summed E-state index contributed by atoms with van der Waals surface area (Å²) in [4.78, 5) is 11.4. The number of carbonyl (C=O) groups is 1. The number of aromatic nitrogens is 1. The maximum Gasteiger partial charge on any atom is 0.461 e. The Morgan fingerprint density at radius 3 is 2.21 bits per heavy atom. The summed E-state index contributed by atoms with van der Waals surface area (Å²) in [5.74, 6) is -7.64. The van der Waals surface area contributed by atoms with Crippen LogP contribution in [0.25, 0.3) is 10.9 Å². The highest BCUT2D eigenvalue weighted by molar-refractivity contribution is 6.04. The topological polar surface area (TPSA) is 22.0 Å². The van der Waals surface area contributed by atoms with Crippen molar-refractivity contribution in [2.75, 3.05) is 0 Å². The van der Waals surface area contributed by atoms with E-state index < -0.39 is 23.6 Å². The number of Topliss-reactive ketones (excluding diaryl/α,β-unsaturated/α-hetero) is 1. The van der Waals surface area contributed by atoms with Crippen molar-refractivity contribution < 1.29 is 26.7 Å². The molecule has 2 rings (SSSR count). The number of fused-ring (bicyclic) bond motifs is 1. The monoisotopic (exact) mass is 277 g/mol. The highest BCUT2D eigenvalue weighted by atomic mass is 19.4. The van der Waals surface area contributed by atoms with E-state index in [2.05, 4.69) is 0 Å². The lowest BCUT2D eigenvalue weighted by atomic mass is 10.1. The molecule has 1 aromatic heterocycles. The number of aryl methyl sites for hydroxylation is 1. The van der Waals surface area contributed by atoms with Crippen LogP contribution in [0.2, 0.25) is 0 Å². The van der Waals surface area contributed by atoms with E-state index in [1.165, 1.54) is 19.2 Å². The SMILES string of the molecule is Cn1c(C(=O)C(F)(F)C(F)(F)F)cc2ccccc21. The first-order valence-electron chi connectivity index (χ1n) is 5.20. The molecule has 0 aliphatic heterocycles. The average molecular weight is 277 g/mol. The number of benzene rings is 1. The number of ketones is 1. The van der Waals surface area contributed by atoms with Gasteiger partial charge in [0, 0.05) is 18.0 Å². The summed E-state index contributed by atoms with van der Waals surface area (Å²) in [5.41, 5.74) is -0.271. The smallest absolute Gasteiger partial charge is 0.341 e. The van der Waals surface area contributed by atoms with Crippen molar-refractivity contribution in [3.05, 3.63) is 36.0 Å². The van der Waals surface area contributed by atoms with Crippen LogP contribution in [-0.4, -0.2) is 22.4 Å². The zero-order valence-corrected chi connectivity index (χ0v) is 9.63. The van der Waals surface area contributed by atoms with Crippen molar-refractivity contribution in [2.24, 2.45) is 7.05 Å². The van der Waals surface area contributed by atoms with Gasteiger partial charge < -0.3 is 4.57 Å². The summed E-state index contributed by atoms with van der Waals surface area (Å²) in [7, 11) is 1.27. The maximum atomic E-state index is 13.0. The van der Waals surface area contributed by atoms with Crippen LogP contribution in [0.5, 0.6) is 0 Å². The average Bonchev–Trinajstić information content (AvgIpc) is 2.65. The molecule has 0 aliphatic rings. The van der Waals surface area contributed by atoms with E-state index in [1.807, 2.05) is 0 Å². The zero-order chi connectivity index (χ0) is 14.4. The summed E-state index contributed by atoms with van der Waals surface area (Å²) in [6, 6.07) is 7.27. The number of halogens is 5. The van der Waals surface area contributed by atoms with Crippen molar-refractivity contribution in [1.82, 2.24) is 4.57 Å². The summed E-state index contributed by atoms with van der Waals surface area (Å²) in [6.07, 6.45) is -5.90. The van der Waals surface area contributed by atoms with Crippen LogP contribution in [0.15, 0.2) is 30.3 Å². The van der Waals surface area contributed by atoms with Gasteiger partial charge in [-0.25, -0.2) is 0 Å². The van der Waals surface area contributed by atoms with Crippen molar-refractivity contribution in [1.29, 1.82) is 0 Å². The van der Waals surface area contributed by atoms with Crippen LogP contribution < -0.4 is 0 Å². The fourth-order valence-corrected chi connectivity index (χ4v) is 1.80. The third-order valence-electron chi connectivity index (χ3n) is 2.83. The Kier molecular flexibility index (Phi) is 2.87. The molecular weight excluding hydrogens is 269 g/mol. The molecule has 0 spiro atoms. The molecule has 0 radical (unpaired) electrons. The lowest BCUT2D eigenvalue weighted by Crippen LogP contribution is -2.44. The summed E-state index contributed by atoms with van der Waals surface area (Å²) < 4.78 is 63.6. The number of hydrogen-bond donors (Lipinski definition) is 0. The number of rotatable bonds is 2. The molecule has 102 valence electrons. The van der Waals surface area contributed by atoms with Gasteiger partial charge in [-0.1, -0.05) is 18.2 Å². The number of para-hydroxylation sites is 1. The molecular formula is C12H8F5NO. The van der Waals surface area contributed by atoms with Crippen LogP contribution >= 0.6 is 0 Å². The molecule has 0 unspecified atom stereocenters. The minimum absolute atomic E-state index is 0.406. The van der Waals surface area contributed by atoms with Crippen LogP contribution in [0.3, 0.4) is 0 Å². The number of alkyl halides is 5. The van der Waals surface area contributed by atoms with Gasteiger partial charge in [0.15, 0.2) is 0 Å². The molecule has 0 fully saturated rings. The van der Waals surface area contributed by atoms with Crippen molar-refractivity contribution in [3.8, 4) is 0 Å². The Labute approximate surface area is 104 Å². The van der Waals surface area contributed by atoms with E-state index in [1.54, 1.807) is 12.1 Å². The predicted octanol–water partition coefficient (Wildman–Crippen LogP) is 3.56. The fraction of sp³-hybridized carbons (Fsp3) is 0.250. The van der Waals surface area contributed by atoms with E-state index in [0.717, 1.165) is 10.6 Å². The van der Waals surface area contributed by atoms with Gasteiger partial charge in [-0.2, -0.15) is 22.0 Å². The van der Waals surface area contributed by atoms with E-state index >= 15 is 0 Å². The van der Waals surface area contributed by atoms with Crippen LogP contribution in [0.4, 0.5) is 22.0 Å². The molecule has 0 N–H and O–H groups in total. The maximum absolute atomic E-state index is 13.0. The first kappa shape index (κ1) is 13.5. The third kappa shape index (κ3) is 1.98. The number of carbonyl (C=O) groups excluding carboxylic acids is 1. The van der Waals surface area contributed by atoms with E-state index in [0.29, 0.717) is 10.9 Å². The Hall–Kier alpha value is -1.92. The second-order valence-electron chi connectivity index (χ2n) is 4.05. The first-order chi connectivity index (χ1) is 8.66. The predicted molar refractivity (Wildman–Crippen MR) is 58.3 cm³/mol.